The van der Waals surface area contributed by atoms with Crippen LogP contribution in [0.25, 0.3) is 0 Å². The molecule has 2 atom stereocenters. The molecule has 2 heterocycles. The summed E-state index contributed by atoms with van der Waals surface area (Å²) in [6.45, 7) is 12.2. The molecule has 1 aromatic carbocycles. The third-order valence-corrected chi connectivity index (χ3v) is 6.47. The quantitative estimate of drug-likeness (QED) is 0.710. The first-order valence-corrected chi connectivity index (χ1v) is 11.1. The van der Waals surface area contributed by atoms with Crippen molar-refractivity contribution in [1.82, 2.24) is 4.90 Å². The zero-order chi connectivity index (χ0) is 20.4. The molecule has 2 amide bonds. The van der Waals surface area contributed by atoms with E-state index in [0.717, 1.165) is 31.5 Å². The molecule has 4 nitrogen and oxygen atoms in total. The smallest absolute Gasteiger partial charge is 0.228 e. The first-order valence-electron chi connectivity index (χ1n) is 11.1. The van der Waals surface area contributed by atoms with Crippen LogP contribution in [0, 0.1) is 5.92 Å². The van der Waals surface area contributed by atoms with Gasteiger partial charge in [0.25, 0.3) is 0 Å². The standard InChI is InChI=1S/C24H36N2O2/c1-6-19-10-7-8-13-25(19)24(28)18-14-22(27)26(15-18)23-20(16(2)3)11-9-12-21(23)17(4)5/h9,11-12,16-19H,6-8,10,13-15H2,1-5H3. The summed E-state index contributed by atoms with van der Waals surface area (Å²) in [6, 6.07) is 6.70. The van der Waals surface area contributed by atoms with Gasteiger partial charge in [-0.25, -0.2) is 0 Å². The molecule has 28 heavy (non-hydrogen) atoms. The number of para-hydroxylation sites is 1. The van der Waals surface area contributed by atoms with E-state index in [0.29, 0.717) is 30.8 Å². The fourth-order valence-corrected chi connectivity index (χ4v) is 4.86. The molecule has 0 spiro atoms. The summed E-state index contributed by atoms with van der Waals surface area (Å²) in [4.78, 5) is 30.3. The molecule has 154 valence electrons. The van der Waals surface area contributed by atoms with E-state index in [1.165, 1.54) is 17.5 Å². The largest absolute Gasteiger partial charge is 0.339 e. The number of anilines is 1. The van der Waals surface area contributed by atoms with Gasteiger partial charge in [-0.2, -0.15) is 0 Å². The molecule has 0 bridgehead atoms. The van der Waals surface area contributed by atoms with Crippen LogP contribution in [0.4, 0.5) is 5.69 Å². The fourth-order valence-electron chi connectivity index (χ4n) is 4.86. The summed E-state index contributed by atoms with van der Waals surface area (Å²) in [5.74, 6) is 0.749. The summed E-state index contributed by atoms with van der Waals surface area (Å²) in [6.07, 6.45) is 4.73. The SMILES string of the molecule is CCC1CCCCN1C(=O)C1CC(=O)N(c2c(C(C)C)cccc2C(C)C)C1. The number of carbonyl (C=O) groups excluding carboxylic acids is 2. The highest BCUT2D eigenvalue weighted by molar-refractivity contribution is 6.01. The second kappa shape index (κ2) is 8.67. The van der Waals surface area contributed by atoms with Crippen LogP contribution < -0.4 is 4.90 Å². The average Bonchev–Trinajstić information content (AvgIpc) is 3.07. The van der Waals surface area contributed by atoms with Gasteiger partial charge in [0.05, 0.1) is 11.6 Å². The molecular formula is C24H36N2O2. The van der Waals surface area contributed by atoms with E-state index < -0.39 is 0 Å². The number of piperidine rings is 1. The van der Waals surface area contributed by atoms with Crippen LogP contribution in [0.2, 0.25) is 0 Å². The molecule has 0 aromatic heterocycles. The van der Waals surface area contributed by atoms with E-state index in [9.17, 15) is 9.59 Å². The summed E-state index contributed by atoms with van der Waals surface area (Å²) in [7, 11) is 0. The van der Waals surface area contributed by atoms with E-state index in [-0.39, 0.29) is 17.7 Å². The van der Waals surface area contributed by atoms with Crippen molar-refractivity contribution in [3.63, 3.8) is 0 Å². The van der Waals surface area contributed by atoms with Gasteiger partial charge in [0.15, 0.2) is 0 Å². The topological polar surface area (TPSA) is 40.6 Å². The second-order valence-corrected chi connectivity index (χ2v) is 9.09. The third-order valence-electron chi connectivity index (χ3n) is 6.47. The van der Waals surface area contributed by atoms with Gasteiger partial charge in [-0.15, -0.1) is 0 Å². The molecule has 0 N–H and O–H groups in total. The lowest BCUT2D eigenvalue weighted by molar-refractivity contribution is -0.139. The van der Waals surface area contributed by atoms with Crippen LogP contribution in [0.3, 0.4) is 0 Å². The van der Waals surface area contributed by atoms with Crippen LogP contribution in [0.1, 0.15) is 89.7 Å². The lowest BCUT2D eigenvalue weighted by Crippen LogP contribution is -2.46. The molecule has 0 radical (unpaired) electrons. The van der Waals surface area contributed by atoms with Gasteiger partial charge in [-0.3, -0.25) is 9.59 Å². The maximum atomic E-state index is 13.3. The zero-order valence-corrected chi connectivity index (χ0v) is 18.2. The Balaban J connectivity index is 1.88. The minimum absolute atomic E-state index is 0.0957. The van der Waals surface area contributed by atoms with E-state index in [1.54, 1.807) is 0 Å². The molecular weight excluding hydrogens is 348 g/mol. The Labute approximate surface area is 170 Å². The van der Waals surface area contributed by atoms with Crippen LogP contribution in [0.15, 0.2) is 18.2 Å². The zero-order valence-electron chi connectivity index (χ0n) is 18.2. The predicted molar refractivity (Wildman–Crippen MR) is 115 cm³/mol. The third kappa shape index (κ3) is 3.97. The molecule has 2 saturated heterocycles. The van der Waals surface area contributed by atoms with Crippen molar-refractivity contribution in [2.24, 2.45) is 5.92 Å². The average molecular weight is 385 g/mol. The first-order chi connectivity index (χ1) is 13.3. The van der Waals surface area contributed by atoms with Gasteiger partial charge in [0.2, 0.25) is 11.8 Å². The molecule has 2 aliphatic heterocycles. The Morgan fingerprint density at radius 2 is 1.75 bits per heavy atom. The van der Waals surface area contributed by atoms with Gasteiger partial charge in [-0.05, 0) is 48.6 Å². The van der Waals surface area contributed by atoms with E-state index in [4.69, 9.17) is 0 Å². The Morgan fingerprint density at radius 1 is 1.11 bits per heavy atom. The van der Waals surface area contributed by atoms with Gasteiger partial charge >= 0.3 is 0 Å². The molecule has 2 aliphatic rings. The molecule has 4 heteroatoms. The van der Waals surface area contributed by atoms with E-state index in [2.05, 4.69) is 57.7 Å². The fraction of sp³-hybridized carbons (Fsp3) is 0.667. The molecule has 3 rings (SSSR count). The van der Waals surface area contributed by atoms with Crippen molar-refractivity contribution >= 4 is 17.5 Å². The molecule has 2 unspecified atom stereocenters. The van der Waals surface area contributed by atoms with Crippen LogP contribution >= 0.6 is 0 Å². The normalized spacial score (nSPS) is 23.2. The lowest BCUT2D eigenvalue weighted by atomic mass is 9.92. The van der Waals surface area contributed by atoms with E-state index >= 15 is 0 Å². The summed E-state index contributed by atoms with van der Waals surface area (Å²) < 4.78 is 0. The number of benzene rings is 1. The van der Waals surface area contributed by atoms with Crippen LogP contribution in [-0.4, -0.2) is 35.8 Å². The van der Waals surface area contributed by atoms with Crippen molar-refractivity contribution in [3.05, 3.63) is 29.3 Å². The Bertz CT molecular complexity index is 699. The Morgan fingerprint density at radius 3 is 2.32 bits per heavy atom. The first kappa shape index (κ1) is 20.9. The Hall–Kier alpha value is -1.84. The summed E-state index contributed by atoms with van der Waals surface area (Å²) in [5, 5.41) is 0. The van der Waals surface area contributed by atoms with Crippen LogP contribution in [0.5, 0.6) is 0 Å². The van der Waals surface area contributed by atoms with Gasteiger partial charge < -0.3 is 9.80 Å². The number of rotatable bonds is 5. The maximum absolute atomic E-state index is 13.3. The number of hydrogen-bond donors (Lipinski definition) is 0. The lowest BCUT2D eigenvalue weighted by Gasteiger charge is -2.37. The van der Waals surface area contributed by atoms with Gasteiger partial charge in [-0.1, -0.05) is 52.8 Å². The number of hydrogen-bond acceptors (Lipinski definition) is 2. The van der Waals surface area contributed by atoms with Gasteiger partial charge in [0, 0.05) is 25.6 Å². The minimum atomic E-state index is -0.208. The number of likely N-dealkylation sites (tertiary alicyclic amines) is 1. The number of nitrogens with zero attached hydrogens (tertiary/aromatic N) is 2. The van der Waals surface area contributed by atoms with Crippen molar-refractivity contribution in [3.8, 4) is 0 Å². The van der Waals surface area contributed by atoms with Gasteiger partial charge in [0.1, 0.15) is 0 Å². The summed E-state index contributed by atoms with van der Waals surface area (Å²) in [5.41, 5.74) is 3.47. The Kier molecular flexibility index (Phi) is 6.47. The highest BCUT2D eigenvalue weighted by Gasteiger charge is 2.40. The van der Waals surface area contributed by atoms with Crippen molar-refractivity contribution in [2.45, 2.75) is 84.6 Å². The molecule has 1 aromatic rings. The minimum Gasteiger partial charge on any atom is -0.339 e. The number of carbonyl (C=O) groups is 2. The summed E-state index contributed by atoms with van der Waals surface area (Å²) >= 11 is 0. The van der Waals surface area contributed by atoms with Crippen LogP contribution in [-0.2, 0) is 9.59 Å². The highest BCUT2D eigenvalue weighted by atomic mass is 16.2. The second-order valence-electron chi connectivity index (χ2n) is 9.09. The molecule has 2 fully saturated rings. The van der Waals surface area contributed by atoms with Crippen molar-refractivity contribution in [1.29, 1.82) is 0 Å². The van der Waals surface area contributed by atoms with Crippen molar-refractivity contribution < 1.29 is 9.59 Å². The molecule has 0 saturated carbocycles. The monoisotopic (exact) mass is 384 g/mol. The predicted octanol–water partition coefficient (Wildman–Crippen LogP) is 5.08. The number of amides is 2. The highest BCUT2D eigenvalue weighted by Crippen LogP contribution is 2.39. The van der Waals surface area contributed by atoms with Crippen molar-refractivity contribution in [2.75, 3.05) is 18.0 Å². The molecule has 0 aliphatic carbocycles. The maximum Gasteiger partial charge on any atom is 0.228 e. The van der Waals surface area contributed by atoms with E-state index in [1.807, 2.05) is 4.90 Å².